The summed E-state index contributed by atoms with van der Waals surface area (Å²) in [6.07, 6.45) is 0.328. The van der Waals surface area contributed by atoms with Crippen LogP contribution < -0.4 is 5.32 Å². The van der Waals surface area contributed by atoms with E-state index in [-0.39, 0.29) is 11.8 Å². The molecule has 0 unspecified atom stereocenters. The van der Waals surface area contributed by atoms with Crippen LogP contribution in [0.1, 0.15) is 24.5 Å². The summed E-state index contributed by atoms with van der Waals surface area (Å²) in [5, 5.41) is 2.94. The first-order chi connectivity index (χ1) is 12.0. The fourth-order valence-electron chi connectivity index (χ4n) is 2.76. The fourth-order valence-corrected chi connectivity index (χ4v) is 2.76. The molecular weight excluding hydrogens is 318 g/mol. The first kappa shape index (κ1) is 19.4. The molecule has 0 aliphatic carbocycles. The van der Waals surface area contributed by atoms with Crippen molar-refractivity contribution in [2.45, 2.75) is 26.8 Å². The maximum absolute atomic E-state index is 12.0. The van der Waals surface area contributed by atoms with Crippen LogP contribution in [0.2, 0.25) is 0 Å². The summed E-state index contributed by atoms with van der Waals surface area (Å²) >= 11 is 0. The summed E-state index contributed by atoms with van der Waals surface area (Å²) in [4.78, 5) is 27.8. The van der Waals surface area contributed by atoms with E-state index in [4.69, 9.17) is 4.74 Å². The van der Waals surface area contributed by atoms with Crippen molar-refractivity contribution in [3.63, 3.8) is 0 Å². The number of hydrogen-bond acceptors (Lipinski definition) is 4. The lowest BCUT2D eigenvalue weighted by molar-refractivity contribution is -0.130. The molecule has 1 aromatic rings. The summed E-state index contributed by atoms with van der Waals surface area (Å²) < 4.78 is 5.30. The van der Waals surface area contributed by atoms with E-state index in [9.17, 15) is 9.59 Å². The van der Waals surface area contributed by atoms with Crippen molar-refractivity contribution in [3.05, 3.63) is 35.4 Å². The first-order valence-electron chi connectivity index (χ1n) is 8.92. The van der Waals surface area contributed by atoms with Crippen LogP contribution in [0.15, 0.2) is 24.3 Å². The van der Waals surface area contributed by atoms with Gasteiger partial charge >= 0.3 is 0 Å². The summed E-state index contributed by atoms with van der Waals surface area (Å²) in [5.41, 5.74) is 2.27. The SMILES string of the molecule is CC(=O)N(CCC(=O)NCCN1CCOCC1)Cc1ccc(C)cc1. The normalized spacial score (nSPS) is 15.0. The zero-order chi connectivity index (χ0) is 18.1. The highest BCUT2D eigenvalue weighted by Crippen LogP contribution is 2.08. The zero-order valence-electron chi connectivity index (χ0n) is 15.3. The van der Waals surface area contributed by atoms with Crippen LogP contribution in [0.5, 0.6) is 0 Å². The van der Waals surface area contributed by atoms with Gasteiger partial charge in [0.2, 0.25) is 11.8 Å². The van der Waals surface area contributed by atoms with Crippen molar-refractivity contribution in [3.8, 4) is 0 Å². The van der Waals surface area contributed by atoms with Crippen LogP contribution in [0, 0.1) is 6.92 Å². The third kappa shape index (κ3) is 7.23. The van der Waals surface area contributed by atoms with E-state index in [0.29, 0.717) is 26.1 Å². The van der Waals surface area contributed by atoms with Gasteiger partial charge in [0.05, 0.1) is 13.2 Å². The zero-order valence-corrected chi connectivity index (χ0v) is 15.3. The van der Waals surface area contributed by atoms with Gasteiger partial charge in [-0.05, 0) is 12.5 Å². The quantitative estimate of drug-likeness (QED) is 0.767. The number of amides is 2. The average molecular weight is 347 g/mol. The molecule has 2 amide bonds. The Morgan fingerprint density at radius 3 is 2.52 bits per heavy atom. The third-order valence-electron chi connectivity index (χ3n) is 4.40. The van der Waals surface area contributed by atoms with Crippen molar-refractivity contribution >= 4 is 11.8 Å². The highest BCUT2D eigenvalue weighted by atomic mass is 16.5. The second-order valence-electron chi connectivity index (χ2n) is 6.48. The second-order valence-corrected chi connectivity index (χ2v) is 6.48. The molecule has 0 aromatic heterocycles. The van der Waals surface area contributed by atoms with Crippen molar-refractivity contribution in [2.75, 3.05) is 45.9 Å². The number of aryl methyl sites for hydroxylation is 1. The van der Waals surface area contributed by atoms with Gasteiger partial charge in [-0.1, -0.05) is 29.8 Å². The molecule has 6 heteroatoms. The van der Waals surface area contributed by atoms with Crippen molar-refractivity contribution < 1.29 is 14.3 Å². The Labute approximate surface area is 150 Å². The van der Waals surface area contributed by atoms with Crippen LogP contribution in [0.3, 0.4) is 0 Å². The molecule has 0 radical (unpaired) electrons. The summed E-state index contributed by atoms with van der Waals surface area (Å²) in [6.45, 7) is 9.41. The highest BCUT2D eigenvalue weighted by Gasteiger charge is 2.13. The summed E-state index contributed by atoms with van der Waals surface area (Å²) in [7, 11) is 0. The van der Waals surface area contributed by atoms with Gasteiger partial charge in [-0.2, -0.15) is 0 Å². The average Bonchev–Trinajstić information content (AvgIpc) is 2.61. The largest absolute Gasteiger partial charge is 0.379 e. The molecular formula is C19H29N3O3. The molecule has 138 valence electrons. The number of carbonyl (C=O) groups is 2. The molecule has 0 atom stereocenters. The highest BCUT2D eigenvalue weighted by molar-refractivity contribution is 5.78. The number of ether oxygens (including phenoxy) is 1. The molecule has 0 bridgehead atoms. The van der Waals surface area contributed by atoms with E-state index in [1.54, 1.807) is 11.8 Å². The minimum Gasteiger partial charge on any atom is -0.379 e. The Kier molecular flexibility index (Phi) is 7.88. The lowest BCUT2D eigenvalue weighted by atomic mass is 10.1. The van der Waals surface area contributed by atoms with Gasteiger partial charge in [-0.25, -0.2) is 0 Å². The Balaban J connectivity index is 1.69. The molecule has 1 fully saturated rings. The van der Waals surface area contributed by atoms with E-state index in [1.165, 1.54) is 5.56 Å². The summed E-state index contributed by atoms with van der Waals surface area (Å²) in [5.74, 6) is -0.0230. The summed E-state index contributed by atoms with van der Waals surface area (Å²) in [6, 6.07) is 8.11. The lowest BCUT2D eigenvalue weighted by Crippen LogP contribution is -2.41. The standard InChI is InChI=1S/C19H29N3O3/c1-16-3-5-18(6-4-16)15-22(17(2)23)9-7-19(24)20-8-10-21-11-13-25-14-12-21/h3-6H,7-15H2,1-2H3,(H,20,24). The minimum atomic E-state index is -0.0123. The Bertz CT molecular complexity index is 554. The molecule has 25 heavy (non-hydrogen) atoms. The first-order valence-corrected chi connectivity index (χ1v) is 8.92. The monoisotopic (exact) mass is 347 g/mol. The Morgan fingerprint density at radius 1 is 1.20 bits per heavy atom. The molecule has 1 heterocycles. The van der Waals surface area contributed by atoms with E-state index in [2.05, 4.69) is 10.2 Å². The Morgan fingerprint density at radius 2 is 1.88 bits per heavy atom. The van der Waals surface area contributed by atoms with E-state index in [1.807, 2.05) is 31.2 Å². The minimum absolute atomic E-state index is 0.0107. The van der Waals surface area contributed by atoms with Gasteiger partial charge < -0.3 is 15.0 Å². The number of morpholine rings is 1. The van der Waals surface area contributed by atoms with E-state index >= 15 is 0 Å². The molecule has 6 nitrogen and oxygen atoms in total. The van der Waals surface area contributed by atoms with Gasteiger partial charge in [0.25, 0.3) is 0 Å². The molecule has 1 aliphatic heterocycles. The van der Waals surface area contributed by atoms with Crippen molar-refractivity contribution in [2.24, 2.45) is 0 Å². The molecule has 0 spiro atoms. The number of rotatable bonds is 8. The predicted molar refractivity (Wildman–Crippen MR) is 97.2 cm³/mol. The van der Waals surface area contributed by atoms with Crippen LogP contribution in [-0.2, 0) is 20.9 Å². The van der Waals surface area contributed by atoms with E-state index in [0.717, 1.165) is 38.4 Å². The number of nitrogens with zero attached hydrogens (tertiary/aromatic N) is 2. The van der Waals surface area contributed by atoms with Gasteiger partial charge in [-0.3, -0.25) is 14.5 Å². The maximum Gasteiger partial charge on any atom is 0.221 e. The van der Waals surface area contributed by atoms with Crippen LogP contribution in [0.25, 0.3) is 0 Å². The molecule has 0 saturated carbocycles. The third-order valence-corrected chi connectivity index (χ3v) is 4.40. The number of hydrogen-bond donors (Lipinski definition) is 1. The van der Waals surface area contributed by atoms with E-state index < -0.39 is 0 Å². The number of nitrogens with one attached hydrogen (secondary N) is 1. The van der Waals surface area contributed by atoms with Crippen molar-refractivity contribution in [1.82, 2.24) is 15.1 Å². The fraction of sp³-hybridized carbons (Fsp3) is 0.579. The molecule has 1 N–H and O–H groups in total. The molecule has 1 aromatic carbocycles. The van der Waals surface area contributed by atoms with Gasteiger partial charge in [0.15, 0.2) is 0 Å². The smallest absolute Gasteiger partial charge is 0.221 e. The number of benzene rings is 1. The topological polar surface area (TPSA) is 61.9 Å². The van der Waals surface area contributed by atoms with Gasteiger partial charge in [0, 0.05) is 52.6 Å². The second kappa shape index (κ2) is 10.2. The molecule has 1 aliphatic rings. The van der Waals surface area contributed by atoms with Crippen LogP contribution >= 0.6 is 0 Å². The maximum atomic E-state index is 12.0. The number of carbonyl (C=O) groups excluding carboxylic acids is 2. The Hall–Kier alpha value is -1.92. The van der Waals surface area contributed by atoms with Crippen LogP contribution in [0.4, 0.5) is 0 Å². The lowest BCUT2D eigenvalue weighted by Gasteiger charge is -2.26. The molecule has 1 saturated heterocycles. The molecule has 2 rings (SSSR count). The van der Waals surface area contributed by atoms with Gasteiger partial charge in [-0.15, -0.1) is 0 Å². The van der Waals surface area contributed by atoms with Gasteiger partial charge in [0.1, 0.15) is 0 Å². The predicted octanol–water partition coefficient (Wildman–Crippen LogP) is 1.18. The van der Waals surface area contributed by atoms with Crippen molar-refractivity contribution in [1.29, 1.82) is 0 Å². The van der Waals surface area contributed by atoms with Crippen LogP contribution in [-0.4, -0.2) is 67.6 Å².